The van der Waals surface area contributed by atoms with Crippen molar-refractivity contribution in [3.05, 3.63) is 35.4 Å². The Morgan fingerprint density at radius 2 is 2.12 bits per heavy atom. The van der Waals surface area contributed by atoms with Crippen molar-refractivity contribution < 1.29 is 4.79 Å². The highest BCUT2D eigenvalue weighted by atomic mass is 16.1. The normalized spacial score (nSPS) is 12.2. The maximum absolute atomic E-state index is 11.6. The molecular formula is C14H22N2O. The Hall–Kier alpha value is -1.35. The van der Waals surface area contributed by atoms with Gasteiger partial charge in [0.2, 0.25) is 5.91 Å². The number of nitrogens with one attached hydrogen (secondary N) is 1. The minimum atomic E-state index is -0.0168. The molecule has 3 N–H and O–H groups in total. The second kappa shape index (κ2) is 7.07. The second-order valence-electron chi connectivity index (χ2n) is 4.46. The van der Waals surface area contributed by atoms with Gasteiger partial charge >= 0.3 is 0 Å². The first-order chi connectivity index (χ1) is 8.13. The fraction of sp³-hybridized carbons (Fsp3) is 0.500. The zero-order chi connectivity index (χ0) is 12.7. The highest BCUT2D eigenvalue weighted by Crippen LogP contribution is 2.06. The van der Waals surface area contributed by atoms with E-state index >= 15 is 0 Å². The zero-order valence-corrected chi connectivity index (χ0v) is 10.7. The van der Waals surface area contributed by atoms with Gasteiger partial charge in [-0.05, 0) is 24.5 Å². The number of carbonyl (C=O) groups excluding carboxylic acids is 1. The molecule has 0 bridgehead atoms. The van der Waals surface area contributed by atoms with Gasteiger partial charge in [-0.2, -0.15) is 0 Å². The van der Waals surface area contributed by atoms with Gasteiger partial charge in [0.25, 0.3) is 0 Å². The predicted molar refractivity (Wildman–Crippen MR) is 70.5 cm³/mol. The van der Waals surface area contributed by atoms with Crippen molar-refractivity contribution in [1.82, 2.24) is 5.32 Å². The van der Waals surface area contributed by atoms with Gasteiger partial charge in [0.05, 0.1) is 0 Å². The van der Waals surface area contributed by atoms with Gasteiger partial charge in [0, 0.05) is 19.0 Å². The molecule has 1 amide bonds. The van der Waals surface area contributed by atoms with Gasteiger partial charge in [0.1, 0.15) is 0 Å². The summed E-state index contributed by atoms with van der Waals surface area (Å²) in [7, 11) is 0. The van der Waals surface area contributed by atoms with Gasteiger partial charge in [0.15, 0.2) is 0 Å². The standard InChI is InChI=1S/C14H22N2O/c1-3-6-13(15)9-14(17)16-10-12-8-5-4-7-11(12)2/h4-5,7-8,13H,3,6,9-10,15H2,1-2H3,(H,16,17). The van der Waals surface area contributed by atoms with Crippen LogP contribution in [0.4, 0.5) is 0 Å². The van der Waals surface area contributed by atoms with E-state index in [4.69, 9.17) is 5.73 Å². The molecule has 1 aromatic carbocycles. The molecule has 0 aliphatic rings. The Morgan fingerprint density at radius 1 is 1.41 bits per heavy atom. The first kappa shape index (κ1) is 13.7. The lowest BCUT2D eigenvalue weighted by Gasteiger charge is -2.11. The van der Waals surface area contributed by atoms with Crippen LogP contribution in [0.5, 0.6) is 0 Å². The van der Waals surface area contributed by atoms with Crippen LogP contribution in [0.25, 0.3) is 0 Å². The largest absolute Gasteiger partial charge is 0.352 e. The highest BCUT2D eigenvalue weighted by molar-refractivity contribution is 5.76. The average molecular weight is 234 g/mol. The van der Waals surface area contributed by atoms with E-state index in [1.165, 1.54) is 5.56 Å². The van der Waals surface area contributed by atoms with E-state index in [9.17, 15) is 4.79 Å². The van der Waals surface area contributed by atoms with Crippen LogP contribution in [-0.4, -0.2) is 11.9 Å². The van der Waals surface area contributed by atoms with Gasteiger partial charge < -0.3 is 11.1 Å². The Kier molecular flexibility index (Phi) is 5.70. The van der Waals surface area contributed by atoms with Crippen molar-refractivity contribution in [1.29, 1.82) is 0 Å². The second-order valence-corrected chi connectivity index (χ2v) is 4.46. The molecule has 17 heavy (non-hydrogen) atoms. The summed E-state index contributed by atoms with van der Waals surface area (Å²) in [5, 5.41) is 2.91. The molecule has 3 nitrogen and oxygen atoms in total. The summed E-state index contributed by atoms with van der Waals surface area (Å²) < 4.78 is 0. The van der Waals surface area contributed by atoms with Crippen LogP contribution in [0.1, 0.15) is 37.3 Å². The minimum Gasteiger partial charge on any atom is -0.352 e. The SMILES string of the molecule is CCCC(N)CC(=O)NCc1ccccc1C. The van der Waals surface area contributed by atoms with E-state index in [2.05, 4.69) is 12.2 Å². The van der Waals surface area contributed by atoms with Crippen LogP contribution in [0, 0.1) is 6.92 Å². The molecule has 1 unspecified atom stereocenters. The van der Waals surface area contributed by atoms with Crippen LogP contribution in [0.3, 0.4) is 0 Å². The lowest BCUT2D eigenvalue weighted by Crippen LogP contribution is -2.31. The number of nitrogens with two attached hydrogens (primary N) is 1. The van der Waals surface area contributed by atoms with E-state index in [0.29, 0.717) is 13.0 Å². The summed E-state index contributed by atoms with van der Waals surface area (Å²) in [6.45, 7) is 4.71. The monoisotopic (exact) mass is 234 g/mol. The summed E-state index contributed by atoms with van der Waals surface area (Å²) in [6.07, 6.45) is 2.34. The van der Waals surface area contributed by atoms with E-state index in [1.807, 2.05) is 31.2 Å². The zero-order valence-electron chi connectivity index (χ0n) is 10.7. The molecule has 1 rings (SSSR count). The molecule has 1 aromatic rings. The number of hydrogen-bond donors (Lipinski definition) is 2. The van der Waals surface area contributed by atoms with Crippen LogP contribution < -0.4 is 11.1 Å². The van der Waals surface area contributed by atoms with Crippen molar-refractivity contribution in [2.75, 3.05) is 0 Å². The molecule has 1 atom stereocenters. The number of rotatable bonds is 6. The maximum Gasteiger partial charge on any atom is 0.221 e. The molecule has 0 heterocycles. The van der Waals surface area contributed by atoms with E-state index in [1.54, 1.807) is 0 Å². The summed E-state index contributed by atoms with van der Waals surface area (Å²) >= 11 is 0. The van der Waals surface area contributed by atoms with Crippen LogP contribution in [0.15, 0.2) is 24.3 Å². The van der Waals surface area contributed by atoms with Crippen molar-refractivity contribution in [2.24, 2.45) is 5.73 Å². The van der Waals surface area contributed by atoms with Crippen molar-refractivity contribution in [3.63, 3.8) is 0 Å². The number of aryl methyl sites for hydroxylation is 1. The number of carbonyl (C=O) groups is 1. The first-order valence-electron chi connectivity index (χ1n) is 6.20. The lowest BCUT2D eigenvalue weighted by atomic mass is 10.1. The first-order valence-corrected chi connectivity index (χ1v) is 6.20. The summed E-state index contributed by atoms with van der Waals surface area (Å²) in [6, 6.07) is 8.04. The number of hydrogen-bond acceptors (Lipinski definition) is 2. The third-order valence-corrected chi connectivity index (χ3v) is 2.84. The van der Waals surface area contributed by atoms with Gasteiger partial charge in [-0.3, -0.25) is 4.79 Å². The number of benzene rings is 1. The predicted octanol–water partition coefficient (Wildman–Crippen LogP) is 2.13. The Balaban J connectivity index is 2.36. The Labute approximate surface area is 103 Å². The molecule has 0 aromatic heterocycles. The fourth-order valence-corrected chi connectivity index (χ4v) is 1.79. The molecule has 0 saturated carbocycles. The third kappa shape index (κ3) is 5.00. The molecule has 3 heteroatoms. The topological polar surface area (TPSA) is 55.1 Å². The smallest absolute Gasteiger partial charge is 0.221 e. The van der Waals surface area contributed by atoms with Crippen LogP contribution in [0.2, 0.25) is 0 Å². The summed E-state index contributed by atoms with van der Waals surface area (Å²) in [4.78, 5) is 11.6. The van der Waals surface area contributed by atoms with Crippen molar-refractivity contribution >= 4 is 5.91 Å². The molecule has 0 fully saturated rings. The van der Waals surface area contributed by atoms with E-state index in [0.717, 1.165) is 18.4 Å². The third-order valence-electron chi connectivity index (χ3n) is 2.84. The maximum atomic E-state index is 11.6. The van der Waals surface area contributed by atoms with Gasteiger partial charge in [-0.15, -0.1) is 0 Å². The van der Waals surface area contributed by atoms with Crippen LogP contribution in [-0.2, 0) is 11.3 Å². The van der Waals surface area contributed by atoms with Gasteiger partial charge in [-0.1, -0.05) is 37.6 Å². The molecule has 0 saturated heterocycles. The van der Waals surface area contributed by atoms with E-state index < -0.39 is 0 Å². The Morgan fingerprint density at radius 3 is 2.76 bits per heavy atom. The molecule has 0 radical (unpaired) electrons. The number of amides is 1. The molecule has 0 aliphatic carbocycles. The van der Waals surface area contributed by atoms with Crippen LogP contribution >= 0.6 is 0 Å². The van der Waals surface area contributed by atoms with E-state index in [-0.39, 0.29) is 11.9 Å². The molecule has 94 valence electrons. The minimum absolute atomic E-state index is 0.0168. The highest BCUT2D eigenvalue weighted by Gasteiger charge is 2.08. The fourth-order valence-electron chi connectivity index (χ4n) is 1.79. The molecular weight excluding hydrogens is 212 g/mol. The van der Waals surface area contributed by atoms with Crippen molar-refractivity contribution in [3.8, 4) is 0 Å². The van der Waals surface area contributed by atoms with Crippen molar-refractivity contribution in [2.45, 2.75) is 45.7 Å². The Bertz CT molecular complexity index is 363. The summed E-state index contributed by atoms with van der Waals surface area (Å²) in [5.41, 5.74) is 8.18. The molecule has 0 spiro atoms. The quantitative estimate of drug-likeness (QED) is 0.792. The average Bonchev–Trinajstić information content (AvgIpc) is 2.28. The summed E-state index contributed by atoms with van der Waals surface area (Å²) in [5.74, 6) is 0.0363. The van der Waals surface area contributed by atoms with Gasteiger partial charge in [-0.25, -0.2) is 0 Å². The molecule has 0 aliphatic heterocycles. The lowest BCUT2D eigenvalue weighted by molar-refractivity contribution is -0.121.